The summed E-state index contributed by atoms with van der Waals surface area (Å²) in [5.41, 5.74) is 2.76. The molecular weight excluding hydrogens is 210 g/mol. The second-order valence-corrected chi connectivity index (χ2v) is 4.17. The highest BCUT2D eigenvalue weighted by Crippen LogP contribution is 2.33. The zero-order valence-corrected chi connectivity index (χ0v) is 9.18. The second-order valence-electron chi connectivity index (χ2n) is 4.17. The average Bonchev–Trinajstić information content (AvgIpc) is 2.64. The number of fused-ring (bicyclic) bond motifs is 1. The number of carbonyl (C=O) groups is 1. The van der Waals surface area contributed by atoms with Gasteiger partial charge in [0.15, 0.2) is 5.78 Å². The van der Waals surface area contributed by atoms with E-state index in [4.69, 9.17) is 5.41 Å². The third-order valence-electron chi connectivity index (χ3n) is 3.17. The van der Waals surface area contributed by atoms with Gasteiger partial charge < -0.3 is 5.41 Å². The molecule has 0 radical (unpaired) electrons. The molecule has 2 aromatic rings. The molecule has 1 atom stereocenters. The van der Waals surface area contributed by atoms with Crippen LogP contribution in [0.25, 0.3) is 0 Å². The van der Waals surface area contributed by atoms with Crippen LogP contribution in [-0.2, 0) is 0 Å². The third-order valence-corrected chi connectivity index (χ3v) is 3.17. The molecule has 1 aliphatic carbocycles. The zero-order chi connectivity index (χ0) is 11.8. The van der Waals surface area contributed by atoms with Crippen molar-refractivity contribution in [1.29, 1.82) is 5.41 Å². The molecule has 0 spiro atoms. The Morgan fingerprint density at radius 3 is 2.06 bits per heavy atom. The van der Waals surface area contributed by atoms with E-state index in [2.05, 4.69) is 0 Å². The van der Waals surface area contributed by atoms with E-state index in [1.165, 1.54) is 0 Å². The highest BCUT2D eigenvalue weighted by atomic mass is 16.1. The predicted octanol–water partition coefficient (Wildman–Crippen LogP) is 3.03. The van der Waals surface area contributed by atoms with Crippen molar-refractivity contribution >= 4 is 11.5 Å². The smallest absolute Gasteiger partial charge is 0.176 e. The molecule has 2 heteroatoms. The number of nitrogens with one attached hydrogen (secondary N) is 1. The first kappa shape index (κ1) is 9.97. The molecule has 0 saturated heterocycles. The van der Waals surface area contributed by atoms with Crippen LogP contribution in [0.15, 0.2) is 54.6 Å². The summed E-state index contributed by atoms with van der Waals surface area (Å²) in [5.74, 6) is -0.384. The first-order chi connectivity index (χ1) is 8.29. The summed E-state index contributed by atoms with van der Waals surface area (Å²) in [4.78, 5) is 12.3. The number of Topliss-reactive ketones (excluding diaryl/α,β-unsaturated/α-hetero) is 1. The average molecular weight is 221 g/mol. The van der Waals surface area contributed by atoms with Crippen LogP contribution in [0, 0.1) is 5.41 Å². The number of rotatable bonds is 1. The Morgan fingerprint density at radius 1 is 0.824 bits per heavy atom. The Kier molecular flexibility index (Phi) is 2.15. The summed E-state index contributed by atoms with van der Waals surface area (Å²) in [7, 11) is 0. The summed E-state index contributed by atoms with van der Waals surface area (Å²) in [6.45, 7) is 0. The van der Waals surface area contributed by atoms with Gasteiger partial charge in [0.1, 0.15) is 0 Å². The molecule has 1 N–H and O–H groups in total. The SMILES string of the molecule is N=C1c2ccccc2C(=O)C1c1ccccc1. The number of hydrogen-bond acceptors (Lipinski definition) is 2. The van der Waals surface area contributed by atoms with Gasteiger partial charge in [-0.25, -0.2) is 0 Å². The molecule has 0 heterocycles. The maximum Gasteiger partial charge on any atom is 0.176 e. The zero-order valence-electron chi connectivity index (χ0n) is 9.18. The maximum absolute atomic E-state index is 12.3. The van der Waals surface area contributed by atoms with Crippen LogP contribution in [0.1, 0.15) is 27.4 Å². The molecule has 82 valence electrons. The Bertz CT molecular complexity index is 566. The molecule has 3 rings (SSSR count). The van der Waals surface area contributed by atoms with E-state index < -0.39 is 5.92 Å². The summed E-state index contributed by atoms with van der Waals surface area (Å²) >= 11 is 0. The van der Waals surface area contributed by atoms with Gasteiger partial charge in [-0.2, -0.15) is 0 Å². The van der Waals surface area contributed by atoms with Crippen molar-refractivity contribution in [1.82, 2.24) is 0 Å². The standard InChI is InChI=1S/C15H11NO/c16-14-11-8-4-5-9-12(11)15(17)13(14)10-6-2-1-3-7-10/h1-9,13,16H. The molecule has 2 aromatic carbocycles. The van der Waals surface area contributed by atoms with Crippen LogP contribution < -0.4 is 0 Å². The van der Waals surface area contributed by atoms with Crippen LogP contribution in [0.2, 0.25) is 0 Å². The molecule has 0 amide bonds. The highest BCUT2D eigenvalue weighted by Gasteiger charge is 2.36. The first-order valence-corrected chi connectivity index (χ1v) is 5.56. The van der Waals surface area contributed by atoms with Crippen molar-refractivity contribution in [2.24, 2.45) is 0 Å². The van der Waals surface area contributed by atoms with E-state index in [1.807, 2.05) is 48.5 Å². The summed E-state index contributed by atoms with van der Waals surface area (Å²) in [6.07, 6.45) is 0. The van der Waals surface area contributed by atoms with Gasteiger partial charge in [-0.3, -0.25) is 4.79 Å². The quantitative estimate of drug-likeness (QED) is 0.790. The van der Waals surface area contributed by atoms with Crippen molar-refractivity contribution in [3.63, 3.8) is 0 Å². The third kappa shape index (κ3) is 1.41. The fourth-order valence-electron chi connectivity index (χ4n) is 2.34. The molecule has 0 fully saturated rings. The Labute approximate surface area is 99.4 Å². The molecule has 0 aliphatic heterocycles. The lowest BCUT2D eigenvalue weighted by Crippen LogP contribution is -2.12. The van der Waals surface area contributed by atoms with Crippen molar-refractivity contribution in [3.8, 4) is 0 Å². The van der Waals surface area contributed by atoms with E-state index in [1.54, 1.807) is 6.07 Å². The van der Waals surface area contributed by atoms with E-state index >= 15 is 0 Å². The van der Waals surface area contributed by atoms with Gasteiger partial charge in [-0.15, -0.1) is 0 Å². The lowest BCUT2D eigenvalue weighted by molar-refractivity contribution is 0.0988. The molecular formula is C15H11NO. The molecule has 1 aliphatic rings. The van der Waals surface area contributed by atoms with E-state index in [9.17, 15) is 4.79 Å². The van der Waals surface area contributed by atoms with Gasteiger partial charge in [0.25, 0.3) is 0 Å². The summed E-state index contributed by atoms with van der Waals surface area (Å²) in [5, 5.41) is 8.13. The Hall–Kier alpha value is -2.22. The molecule has 1 unspecified atom stereocenters. The van der Waals surface area contributed by atoms with E-state index in [0.29, 0.717) is 11.3 Å². The van der Waals surface area contributed by atoms with Gasteiger partial charge in [0.2, 0.25) is 0 Å². The topological polar surface area (TPSA) is 40.9 Å². The molecule has 2 nitrogen and oxygen atoms in total. The highest BCUT2D eigenvalue weighted by molar-refractivity contribution is 6.30. The van der Waals surface area contributed by atoms with Gasteiger partial charge in [0, 0.05) is 11.1 Å². The van der Waals surface area contributed by atoms with Crippen molar-refractivity contribution in [2.75, 3.05) is 0 Å². The van der Waals surface area contributed by atoms with Gasteiger partial charge >= 0.3 is 0 Å². The normalized spacial score (nSPS) is 18.2. The van der Waals surface area contributed by atoms with Gasteiger partial charge in [-0.1, -0.05) is 54.6 Å². The predicted molar refractivity (Wildman–Crippen MR) is 66.8 cm³/mol. The minimum absolute atomic E-state index is 0.0387. The van der Waals surface area contributed by atoms with Crippen molar-refractivity contribution < 1.29 is 4.79 Å². The van der Waals surface area contributed by atoms with Crippen LogP contribution in [0.3, 0.4) is 0 Å². The van der Waals surface area contributed by atoms with Crippen LogP contribution >= 0.6 is 0 Å². The first-order valence-electron chi connectivity index (χ1n) is 5.56. The monoisotopic (exact) mass is 221 g/mol. The van der Waals surface area contributed by atoms with Gasteiger partial charge in [0.05, 0.1) is 11.6 Å². The number of ketones is 1. The minimum Gasteiger partial charge on any atom is -0.304 e. The van der Waals surface area contributed by atoms with Crippen molar-refractivity contribution in [3.05, 3.63) is 71.3 Å². The summed E-state index contributed by atoms with van der Waals surface area (Å²) in [6, 6.07) is 16.9. The number of hydrogen-bond donors (Lipinski definition) is 1. The lowest BCUT2D eigenvalue weighted by Gasteiger charge is -2.08. The Balaban J connectivity index is 2.13. The molecule has 0 saturated carbocycles. The van der Waals surface area contributed by atoms with Gasteiger partial charge in [-0.05, 0) is 5.56 Å². The summed E-state index contributed by atoms with van der Waals surface area (Å²) < 4.78 is 0. The van der Waals surface area contributed by atoms with Crippen LogP contribution in [0.5, 0.6) is 0 Å². The molecule has 0 bridgehead atoms. The maximum atomic E-state index is 12.3. The largest absolute Gasteiger partial charge is 0.304 e. The van der Waals surface area contributed by atoms with Crippen molar-refractivity contribution in [2.45, 2.75) is 5.92 Å². The fourth-order valence-corrected chi connectivity index (χ4v) is 2.34. The minimum atomic E-state index is -0.423. The molecule has 17 heavy (non-hydrogen) atoms. The second kappa shape index (κ2) is 3.67. The molecule has 0 aromatic heterocycles. The van der Waals surface area contributed by atoms with Crippen LogP contribution in [-0.4, -0.2) is 11.5 Å². The van der Waals surface area contributed by atoms with E-state index in [-0.39, 0.29) is 5.78 Å². The Morgan fingerprint density at radius 2 is 1.41 bits per heavy atom. The number of carbonyl (C=O) groups excluding carboxylic acids is 1. The fraction of sp³-hybridized carbons (Fsp3) is 0.0667. The lowest BCUT2D eigenvalue weighted by atomic mass is 9.94. The van der Waals surface area contributed by atoms with Crippen LogP contribution in [0.4, 0.5) is 0 Å². The number of benzene rings is 2. The van der Waals surface area contributed by atoms with E-state index in [0.717, 1.165) is 11.1 Å².